The first kappa shape index (κ1) is 15.1. The quantitative estimate of drug-likeness (QED) is 0.882. The van der Waals surface area contributed by atoms with Crippen molar-refractivity contribution in [3.63, 3.8) is 0 Å². The third kappa shape index (κ3) is 2.41. The maximum Gasteiger partial charge on any atom is 0.137 e. The molecule has 0 spiro atoms. The number of phenolic OH excluding ortho intramolecular Hbond substituents is 1. The van der Waals surface area contributed by atoms with Crippen LogP contribution in [0.5, 0.6) is 17.2 Å². The lowest BCUT2D eigenvalue weighted by atomic mass is 10.0. The number of methoxy groups -OCH3 is 1. The van der Waals surface area contributed by atoms with Gasteiger partial charge in [0.25, 0.3) is 0 Å². The molecule has 116 valence electrons. The molecule has 1 aliphatic rings. The van der Waals surface area contributed by atoms with Gasteiger partial charge in [-0.2, -0.15) is 0 Å². The van der Waals surface area contributed by atoms with Crippen molar-refractivity contribution in [3.05, 3.63) is 46.5 Å². The zero-order valence-corrected chi connectivity index (χ0v) is 14.1. The molecular weight excluding hydrogens is 296 g/mol. The Morgan fingerprint density at radius 3 is 2.41 bits per heavy atom. The highest BCUT2D eigenvalue weighted by molar-refractivity contribution is 7.99. The number of benzene rings is 2. The first-order chi connectivity index (χ1) is 10.5. The van der Waals surface area contributed by atoms with Gasteiger partial charge in [-0.05, 0) is 49.6 Å². The Labute approximate surface area is 135 Å². The Hall–Kier alpha value is -1.81. The van der Waals surface area contributed by atoms with Crippen molar-refractivity contribution in [2.75, 3.05) is 12.9 Å². The summed E-state index contributed by atoms with van der Waals surface area (Å²) in [7, 11) is 1.67. The Morgan fingerprint density at radius 2 is 1.77 bits per heavy atom. The van der Waals surface area contributed by atoms with Crippen LogP contribution in [0.25, 0.3) is 0 Å². The second kappa shape index (κ2) is 5.76. The van der Waals surface area contributed by atoms with Crippen LogP contribution in [0.2, 0.25) is 0 Å². The molecule has 1 atom stereocenters. The van der Waals surface area contributed by atoms with Gasteiger partial charge in [-0.1, -0.05) is 12.1 Å². The van der Waals surface area contributed by atoms with Crippen molar-refractivity contribution in [3.8, 4) is 17.2 Å². The lowest BCUT2D eigenvalue weighted by molar-refractivity contribution is 0.217. The standard InChI is InChI=1S/C18H20O3S/c1-10-11(2)17-18(12(3)16(10)19)22-9-15(21-17)13-5-7-14(20-4)8-6-13/h5-8,15,19H,9H2,1-4H3. The Kier molecular flexibility index (Phi) is 3.96. The van der Waals surface area contributed by atoms with Crippen molar-refractivity contribution in [1.29, 1.82) is 0 Å². The minimum Gasteiger partial charge on any atom is -0.507 e. The molecule has 3 rings (SSSR count). The van der Waals surface area contributed by atoms with Crippen LogP contribution < -0.4 is 9.47 Å². The van der Waals surface area contributed by atoms with Gasteiger partial charge in [-0.15, -0.1) is 11.8 Å². The number of hydrogen-bond acceptors (Lipinski definition) is 4. The van der Waals surface area contributed by atoms with E-state index in [1.165, 1.54) is 0 Å². The fourth-order valence-electron chi connectivity index (χ4n) is 2.71. The van der Waals surface area contributed by atoms with Gasteiger partial charge in [-0.3, -0.25) is 0 Å². The normalized spacial score (nSPS) is 16.8. The Morgan fingerprint density at radius 1 is 1.09 bits per heavy atom. The summed E-state index contributed by atoms with van der Waals surface area (Å²) < 4.78 is 11.5. The van der Waals surface area contributed by atoms with Gasteiger partial charge in [0.2, 0.25) is 0 Å². The van der Waals surface area contributed by atoms with Gasteiger partial charge in [0.1, 0.15) is 23.4 Å². The molecule has 4 heteroatoms. The SMILES string of the molecule is COc1ccc(C2CSc3c(C)c(O)c(C)c(C)c3O2)cc1. The van der Waals surface area contributed by atoms with E-state index in [0.717, 1.165) is 44.4 Å². The first-order valence-corrected chi connectivity index (χ1v) is 8.27. The van der Waals surface area contributed by atoms with Gasteiger partial charge in [0, 0.05) is 11.3 Å². The highest BCUT2D eigenvalue weighted by Crippen LogP contribution is 2.48. The van der Waals surface area contributed by atoms with Crippen LogP contribution in [-0.4, -0.2) is 18.0 Å². The van der Waals surface area contributed by atoms with E-state index in [1.807, 2.05) is 45.0 Å². The van der Waals surface area contributed by atoms with E-state index in [4.69, 9.17) is 9.47 Å². The van der Waals surface area contributed by atoms with Gasteiger partial charge in [0.15, 0.2) is 0 Å². The molecule has 1 aliphatic heterocycles. The fourth-order valence-corrected chi connectivity index (χ4v) is 3.94. The first-order valence-electron chi connectivity index (χ1n) is 7.29. The van der Waals surface area contributed by atoms with Crippen molar-refractivity contribution in [1.82, 2.24) is 0 Å². The number of rotatable bonds is 2. The molecule has 0 fully saturated rings. The maximum atomic E-state index is 10.2. The average molecular weight is 316 g/mol. The molecule has 0 saturated heterocycles. The van der Waals surface area contributed by atoms with Gasteiger partial charge in [0.05, 0.1) is 12.0 Å². The topological polar surface area (TPSA) is 38.7 Å². The summed E-state index contributed by atoms with van der Waals surface area (Å²) in [6.45, 7) is 5.89. The van der Waals surface area contributed by atoms with E-state index in [-0.39, 0.29) is 6.10 Å². The second-order valence-electron chi connectivity index (χ2n) is 5.57. The molecule has 2 aromatic carbocycles. The summed E-state index contributed by atoms with van der Waals surface area (Å²) in [5, 5.41) is 10.2. The van der Waals surface area contributed by atoms with Gasteiger partial charge >= 0.3 is 0 Å². The smallest absolute Gasteiger partial charge is 0.137 e. The van der Waals surface area contributed by atoms with Crippen LogP contribution >= 0.6 is 11.8 Å². The number of fused-ring (bicyclic) bond motifs is 1. The van der Waals surface area contributed by atoms with Crippen molar-refractivity contribution in [2.45, 2.75) is 31.8 Å². The Balaban J connectivity index is 1.96. The molecule has 22 heavy (non-hydrogen) atoms. The number of hydrogen-bond donors (Lipinski definition) is 1. The van der Waals surface area contributed by atoms with Crippen LogP contribution in [0.1, 0.15) is 28.4 Å². The van der Waals surface area contributed by atoms with Crippen LogP contribution in [-0.2, 0) is 0 Å². The Bertz CT molecular complexity index is 708. The van der Waals surface area contributed by atoms with Crippen molar-refractivity contribution in [2.24, 2.45) is 0 Å². The summed E-state index contributed by atoms with van der Waals surface area (Å²) in [6.07, 6.45) is 0.0189. The molecule has 1 N–H and O–H groups in total. The lowest BCUT2D eigenvalue weighted by Gasteiger charge is -2.29. The van der Waals surface area contributed by atoms with E-state index < -0.39 is 0 Å². The molecule has 0 aromatic heterocycles. The predicted octanol–water partition coefficient (Wildman–Crippen LogP) is 4.55. The van der Waals surface area contributed by atoms with Crippen molar-refractivity contribution < 1.29 is 14.6 Å². The molecule has 2 aromatic rings. The largest absolute Gasteiger partial charge is 0.507 e. The summed E-state index contributed by atoms with van der Waals surface area (Å²) in [5.41, 5.74) is 3.97. The molecule has 3 nitrogen and oxygen atoms in total. The molecule has 0 saturated carbocycles. The lowest BCUT2D eigenvalue weighted by Crippen LogP contribution is -2.16. The van der Waals surface area contributed by atoms with E-state index in [1.54, 1.807) is 18.9 Å². The summed E-state index contributed by atoms with van der Waals surface area (Å²) >= 11 is 1.75. The summed E-state index contributed by atoms with van der Waals surface area (Å²) in [4.78, 5) is 1.06. The third-order valence-electron chi connectivity index (χ3n) is 4.29. The second-order valence-corrected chi connectivity index (χ2v) is 6.60. The third-order valence-corrected chi connectivity index (χ3v) is 5.54. The number of phenols is 1. The molecule has 0 radical (unpaired) electrons. The summed E-state index contributed by atoms with van der Waals surface area (Å²) in [5.74, 6) is 2.97. The highest BCUT2D eigenvalue weighted by atomic mass is 32.2. The molecular formula is C18H20O3S. The maximum absolute atomic E-state index is 10.2. The van der Waals surface area contributed by atoms with Crippen LogP contribution in [0.15, 0.2) is 29.2 Å². The number of ether oxygens (including phenoxy) is 2. The van der Waals surface area contributed by atoms with E-state index in [0.29, 0.717) is 5.75 Å². The molecule has 1 unspecified atom stereocenters. The van der Waals surface area contributed by atoms with Crippen LogP contribution in [0.3, 0.4) is 0 Å². The minimum absolute atomic E-state index is 0.0189. The van der Waals surface area contributed by atoms with Gasteiger partial charge in [-0.25, -0.2) is 0 Å². The number of aromatic hydroxyl groups is 1. The molecule has 1 heterocycles. The van der Waals surface area contributed by atoms with Crippen LogP contribution in [0.4, 0.5) is 0 Å². The fraction of sp³-hybridized carbons (Fsp3) is 0.333. The zero-order chi connectivity index (χ0) is 15.9. The van der Waals surface area contributed by atoms with E-state index in [2.05, 4.69) is 0 Å². The summed E-state index contributed by atoms with van der Waals surface area (Å²) in [6, 6.07) is 8.01. The highest BCUT2D eigenvalue weighted by Gasteiger charge is 2.27. The zero-order valence-electron chi connectivity index (χ0n) is 13.3. The van der Waals surface area contributed by atoms with Crippen LogP contribution in [0, 0.1) is 20.8 Å². The van der Waals surface area contributed by atoms with E-state index >= 15 is 0 Å². The van der Waals surface area contributed by atoms with E-state index in [9.17, 15) is 5.11 Å². The molecule has 0 bridgehead atoms. The minimum atomic E-state index is 0.0189. The monoisotopic (exact) mass is 316 g/mol. The molecule has 0 amide bonds. The number of thioether (sulfide) groups is 1. The van der Waals surface area contributed by atoms with Gasteiger partial charge < -0.3 is 14.6 Å². The van der Waals surface area contributed by atoms with Crippen molar-refractivity contribution >= 4 is 11.8 Å². The average Bonchev–Trinajstić information content (AvgIpc) is 2.57. The molecule has 0 aliphatic carbocycles. The predicted molar refractivity (Wildman–Crippen MR) is 89.4 cm³/mol.